The summed E-state index contributed by atoms with van der Waals surface area (Å²) in [6, 6.07) is 12.7. The number of hydrogen-bond donors (Lipinski definition) is 0. The van der Waals surface area contributed by atoms with E-state index in [-0.39, 0.29) is 0 Å². The molecule has 3 aromatic rings. The van der Waals surface area contributed by atoms with E-state index in [1.165, 1.54) is 6.40 Å². The molecule has 0 N–H and O–H groups in total. The van der Waals surface area contributed by atoms with Crippen molar-refractivity contribution < 1.29 is 9.47 Å². The lowest BCUT2D eigenvalue weighted by Gasteiger charge is -2.06. The molecule has 134 valence electrons. The van der Waals surface area contributed by atoms with Gasteiger partial charge in [0.25, 0.3) is 0 Å². The highest BCUT2D eigenvalue weighted by molar-refractivity contribution is 6.42. The third kappa shape index (κ3) is 4.36. The molecule has 0 bridgehead atoms. The number of aliphatic imine (C=N–C) groups is 1. The summed E-state index contributed by atoms with van der Waals surface area (Å²) in [5, 5.41) is 5.38. The highest BCUT2D eigenvalue weighted by atomic mass is 35.5. The van der Waals surface area contributed by atoms with E-state index in [9.17, 15) is 0 Å². The molecule has 0 spiro atoms. The van der Waals surface area contributed by atoms with Gasteiger partial charge in [0.1, 0.15) is 5.75 Å². The molecule has 0 saturated heterocycles. The van der Waals surface area contributed by atoms with Crippen LogP contribution in [-0.2, 0) is 4.74 Å². The summed E-state index contributed by atoms with van der Waals surface area (Å²) >= 11 is 12.0. The van der Waals surface area contributed by atoms with Gasteiger partial charge in [-0.3, -0.25) is 0 Å². The third-order valence-electron chi connectivity index (χ3n) is 3.56. The maximum atomic E-state index is 6.05. The minimum absolute atomic E-state index is 0.473. The Balaban J connectivity index is 1.74. The Labute approximate surface area is 161 Å². The number of halogens is 2. The number of benzene rings is 2. The number of hydrogen-bond acceptors (Lipinski definition) is 4. The first-order valence-electron chi connectivity index (χ1n) is 8.00. The lowest BCUT2D eigenvalue weighted by molar-refractivity contribution is 0.344. The van der Waals surface area contributed by atoms with Crippen LogP contribution in [0.3, 0.4) is 0 Å². The van der Waals surface area contributed by atoms with Crippen molar-refractivity contribution in [1.82, 2.24) is 9.78 Å². The van der Waals surface area contributed by atoms with Crippen molar-refractivity contribution in [2.24, 2.45) is 4.99 Å². The van der Waals surface area contributed by atoms with Gasteiger partial charge in [-0.15, -0.1) is 5.10 Å². The lowest BCUT2D eigenvalue weighted by Crippen LogP contribution is -1.95. The van der Waals surface area contributed by atoms with Crippen molar-refractivity contribution in [3.05, 3.63) is 64.3 Å². The maximum Gasteiger partial charge on any atom is 0.238 e. The van der Waals surface area contributed by atoms with Crippen LogP contribution < -0.4 is 4.74 Å². The second-order valence-corrected chi connectivity index (χ2v) is 6.25. The van der Waals surface area contributed by atoms with Crippen molar-refractivity contribution in [3.8, 4) is 17.3 Å². The van der Waals surface area contributed by atoms with E-state index >= 15 is 0 Å². The molecular formula is C19H17Cl2N3O2. The molecule has 3 rings (SSSR count). The predicted molar refractivity (Wildman–Crippen MR) is 105 cm³/mol. The van der Waals surface area contributed by atoms with Gasteiger partial charge in [0.15, 0.2) is 6.40 Å². The molecule has 0 aliphatic heterocycles. The van der Waals surface area contributed by atoms with E-state index in [1.807, 2.05) is 38.1 Å². The van der Waals surface area contributed by atoms with E-state index in [0.29, 0.717) is 28.3 Å². The summed E-state index contributed by atoms with van der Waals surface area (Å²) in [4.78, 5) is 4.26. The Morgan fingerprint density at radius 3 is 2.69 bits per heavy atom. The van der Waals surface area contributed by atoms with Gasteiger partial charge in [0.05, 0.1) is 28.0 Å². The number of nitrogens with zero attached hydrogens (tertiary/aromatic N) is 3. The summed E-state index contributed by atoms with van der Waals surface area (Å²) in [6.07, 6.45) is 3.24. The molecule has 5 nitrogen and oxygen atoms in total. The number of ether oxygens (including phenoxy) is 2. The molecular weight excluding hydrogens is 373 g/mol. The van der Waals surface area contributed by atoms with Gasteiger partial charge >= 0.3 is 0 Å². The van der Waals surface area contributed by atoms with E-state index < -0.39 is 0 Å². The maximum absolute atomic E-state index is 6.05. The van der Waals surface area contributed by atoms with E-state index in [2.05, 4.69) is 10.1 Å². The van der Waals surface area contributed by atoms with Crippen molar-refractivity contribution in [1.29, 1.82) is 0 Å². The van der Waals surface area contributed by atoms with Crippen LogP contribution in [0, 0.1) is 6.92 Å². The van der Waals surface area contributed by atoms with Crippen LogP contribution in [0.1, 0.15) is 12.5 Å². The normalized spacial score (nSPS) is 11.1. The minimum Gasteiger partial charge on any atom is -0.483 e. The zero-order chi connectivity index (χ0) is 18.5. The summed E-state index contributed by atoms with van der Waals surface area (Å²) < 4.78 is 12.6. The molecule has 2 aromatic carbocycles. The van der Waals surface area contributed by atoms with Gasteiger partial charge in [-0.25, -0.2) is 9.67 Å². The molecule has 0 fully saturated rings. The minimum atomic E-state index is 0.473. The highest BCUT2D eigenvalue weighted by Gasteiger charge is 2.07. The molecule has 0 radical (unpaired) electrons. The van der Waals surface area contributed by atoms with Gasteiger partial charge in [-0.05, 0) is 55.8 Å². The number of aryl methyl sites for hydroxylation is 1. The molecule has 1 aromatic heterocycles. The van der Waals surface area contributed by atoms with Gasteiger partial charge in [-0.2, -0.15) is 0 Å². The van der Waals surface area contributed by atoms with Gasteiger partial charge in [0.2, 0.25) is 5.88 Å². The zero-order valence-corrected chi connectivity index (χ0v) is 15.8. The Bertz CT molecular complexity index is 938. The van der Waals surface area contributed by atoms with Crippen LogP contribution in [0.15, 0.2) is 53.7 Å². The fraction of sp³-hybridized carbons (Fsp3) is 0.158. The lowest BCUT2D eigenvalue weighted by atomic mass is 10.2. The average molecular weight is 390 g/mol. The molecule has 0 atom stereocenters. The monoisotopic (exact) mass is 389 g/mol. The number of aromatic nitrogens is 2. The smallest absolute Gasteiger partial charge is 0.238 e. The Morgan fingerprint density at radius 1 is 1.12 bits per heavy atom. The Morgan fingerprint density at radius 2 is 1.96 bits per heavy atom. The first kappa shape index (κ1) is 18.3. The Kier molecular flexibility index (Phi) is 5.81. The van der Waals surface area contributed by atoms with Crippen molar-refractivity contribution in [3.63, 3.8) is 0 Å². The highest BCUT2D eigenvalue weighted by Crippen LogP contribution is 2.28. The van der Waals surface area contributed by atoms with Crippen molar-refractivity contribution in [2.45, 2.75) is 13.8 Å². The predicted octanol–water partition coefficient (Wildman–Crippen LogP) is 5.98. The third-order valence-corrected chi connectivity index (χ3v) is 4.30. The average Bonchev–Trinajstić information content (AvgIpc) is 3.08. The molecule has 0 saturated carbocycles. The molecule has 7 heteroatoms. The summed E-state index contributed by atoms with van der Waals surface area (Å²) in [7, 11) is 0. The number of rotatable bonds is 6. The zero-order valence-electron chi connectivity index (χ0n) is 14.3. The van der Waals surface area contributed by atoms with E-state index in [0.717, 1.165) is 16.9 Å². The first-order valence-corrected chi connectivity index (χ1v) is 8.76. The van der Waals surface area contributed by atoms with E-state index in [4.69, 9.17) is 32.7 Å². The van der Waals surface area contributed by atoms with Crippen LogP contribution in [0.5, 0.6) is 11.6 Å². The second kappa shape index (κ2) is 8.25. The van der Waals surface area contributed by atoms with Gasteiger partial charge in [-0.1, -0.05) is 23.2 Å². The Hall–Kier alpha value is -2.50. The van der Waals surface area contributed by atoms with Crippen LogP contribution in [0.4, 0.5) is 5.69 Å². The molecule has 26 heavy (non-hydrogen) atoms. The topological polar surface area (TPSA) is 48.6 Å². The fourth-order valence-corrected chi connectivity index (χ4v) is 2.55. The van der Waals surface area contributed by atoms with Crippen LogP contribution in [-0.4, -0.2) is 22.8 Å². The first-order chi connectivity index (χ1) is 12.6. The summed E-state index contributed by atoms with van der Waals surface area (Å²) in [5.41, 5.74) is 2.60. The largest absolute Gasteiger partial charge is 0.483 e. The van der Waals surface area contributed by atoms with E-state index in [1.54, 1.807) is 29.1 Å². The van der Waals surface area contributed by atoms with Crippen molar-refractivity contribution >= 4 is 35.3 Å². The van der Waals surface area contributed by atoms with Crippen LogP contribution in [0.25, 0.3) is 5.69 Å². The SMILES string of the molecule is CCOC=Nc1ccc(Oc2ccn(-c3ccc(Cl)c(Cl)c3)n2)cc1C. The molecule has 0 amide bonds. The molecule has 1 heterocycles. The standard InChI is InChI=1S/C19H17Cl2N3O2/c1-3-25-12-22-18-7-5-15(10-13(18)2)26-19-8-9-24(23-19)14-4-6-16(20)17(21)11-14/h4-12H,3H2,1-2H3. The second-order valence-electron chi connectivity index (χ2n) is 5.44. The van der Waals surface area contributed by atoms with Gasteiger partial charge < -0.3 is 9.47 Å². The van der Waals surface area contributed by atoms with Gasteiger partial charge in [0, 0.05) is 12.3 Å². The van der Waals surface area contributed by atoms with Crippen LogP contribution in [0.2, 0.25) is 10.0 Å². The molecule has 0 aliphatic carbocycles. The summed E-state index contributed by atoms with van der Waals surface area (Å²) in [6.45, 7) is 4.46. The van der Waals surface area contributed by atoms with Crippen LogP contribution >= 0.6 is 23.2 Å². The quantitative estimate of drug-likeness (QED) is 0.385. The van der Waals surface area contributed by atoms with Crippen molar-refractivity contribution in [2.75, 3.05) is 6.61 Å². The summed E-state index contributed by atoms with van der Waals surface area (Å²) in [5.74, 6) is 1.15. The molecule has 0 aliphatic rings. The molecule has 0 unspecified atom stereocenters. The fourth-order valence-electron chi connectivity index (χ4n) is 2.26.